The van der Waals surface area contributed by atoms with Gasteiger partial charge in [0.25, 0.3) is 5.91 Å². The molecule has 0 aliphatic heterocycles. The van der Waals surface area contributed by atoms with Crippen LogP contribution in [0.25, 0.3) is 11.3 Å². The summed E-state index contributed by atoms with van der Waals surface area (Å²) in [5.41, 5.74) is 1.51. The van der Waals surface area contributed by atoms with Gasteiger partial charge in [-0.2, -0.15) is 13.2 Å². The Bertz CT molecular complexity index is 1550. The summed E-state index contributed by atoms with van der Waals surface area (Å²) in [6, 6.07) is 15.8. The van der Waals surface area contributed by atoms with Gasteiger partial charge in [0.05, 0.1) is 5.69 Å². The van der Waals surface area contributed by atoms with Crippen molar-refractivity contribution < 1.29 is 35.9 Å². The molecule has 0 spiro atoms. The standard InChI is InChI=1S/C29H25F6N5O2/c1-17-4-5-18(16-40(2)3)14-24(17)38-26(41)20-6-10-21(11-7-20)37-27-36-15-23(28(30,31)32)25(39-27)19-8-12-22(13-9-19)42-29(33,34)35/h4-15H,16H2,1-3H3,(H,38,41)(H,36,37,39). The number of rotatable bonds is 8. The maximum Gasteiger partial charge on any atom is 0.573 e. The molecule has 3 aromatic carbocycles. The highest BCUT2D eigenvalue weighted by Crippen LogP contribution is 2.37. The van der Waals surface area contributed by atoms with Crippen LogP contribution in [0.3, 0.4) is 0 Å². The number of amides is 1. The van der Waals surface area contributed by atoms with Gasteiger partial charge in [-0.3, -0.25) is 4.79 Å². The second-order valence-corrected chi connectivity index (χ2v) is 9.57. The van der Waals surface area contributed by atoms with Crippen molar-refractivity contribution in [2.24, 2.45) is 0 Å². The lowest BCUT2D eigenvalue weighted by atomic mass is 10.1. The molecule has 1 heterocycles. The van der Waals surface area contributed by atoms with E-state index in [0.29, 0.717) is 29.7 Å². The molecule has 220 valence electrons. The Morgan fingerprint density at radius 1 is 0.929 bits per heavy atom. The van der Waals surface area contributed by atoms with Crippen LogP contribution in [-0.4, -0.2) is 41.2 Å². The van der Waals surface area contributed by atoms with Gasteiger partial charge in [0.15, 0.2) is 0 Å². The lowest BCUT2D eigenvalue weighted by Crippen LogP contribution is -2.17. The number of nitrogens with one attached hydrogen (secondary N) is 2. The van der Waals surface area contributed by atoms with E-state index in [1.165, 1.54) is 24.3 Å². The topological polar surface area (TPSA) is 79.4 Å². The number of anilines is 3. The number of nitrogens with zero attached hydrogens (tertiary/aromatic N) is 3. The third kappa shape index (κ3) is 7.97. The SMILES string of the molecule is Cc1ccc(CN(C)C)cc1NC(=O)c1ccc(Nc2ncc(C(F)(F)F)c(-c3ccc(OC(F)(F)F)cc3)n2)cc1. The molecule has 0 atom stereocenters. The van der Waals surface area contributed by atoms with Crippen LogP contribution in [0.2, 0.25) is 0 Å². The van der Waals surface area contributed by atoms with E-state index in [-0.39, 0.29) is 17.4 Å². The van der Waals surface area contributed by atoms with Crippen LogP contribution in [0.1, 0.15) is 27.0 Å². The molecule has 0 aliphatic rings. The highest BCUT2D eigenvalue weighted by Gasteiger charge is 2.36. The summed E-state index contributed by atoms with van der Waals surface area (Å²) in [5, 5.41) is 5.68. The number of carbonyl (C=O) groups excluding carboxylic acids is 1. The predicted octanol–water partition coefficient (Wildman–Crippen LogP) is 7.43. The molecule has 1 amide bonds. The predicted molar refractivity (Wildman–Crippen MR) is 145 cm³/mol. The number of carbonyl (C=O) groups is 1. The highest BCUT2D eigenvalue weighted by atomic mass is 19.4. The number of halogens is 6. The maximum absolute atomic E-state index is 13.7. The molecular formula is C29H25F6N5O2. The molecule has 4 aromatic rings. The Kier molecular flexibility index (Phi) is 8.71. The van der Waals surface area contributed by atoms with Crippen molar-refractivity contribution in [1.29, 1.82) is 0 Å². The van der Waals surface area contributed by atoms with Gasteiger partial charge in [-0.05, 0) is 86.7 Å². The Morgan fingerprint density at radius 2 is 1.60 bits per heavy atom. The molecule has 42 heavy (non-hydrogen) atoms. The first-order valence-electron chi connectivity index (χ1n) is 12.4. The van der Waals surface area contributed by atoms with Gasteiger partial charge in [0.2, 0.25) is 5.95 Å². The van der Waals surface area contributed by atoms with Crippen molar-refractivity contribution >= 4 is 23.2 Å². The molecular weight excluding hydrogens is 564 g/mol. The minimum atomic E-state index is -4.95. The molecule has 0 saturated carbocycles. The van der Waals surface area contributed by atoms with Crippen LogP contribution >= 0.6 is 0 Å². The molecule has 13 heteroatoms. The summed E-state index contributed by atoms with van der Waals surface area (Å²) < 4.78 is 82.1. The lowest BCUT2D eigenvalue weighted by molar-refractivity contribution is -0.274. The monoisotopic (exact) mass is 589 g/mol. The second-order valence-electron chi connectivity index (χ2n) is 9.57. The van der Waals surface area contributed by atoms with Crippen LogP contribution in [0.4, 0.5) is 43.7 Å². The summed E-state index contributed by atoms with van der Waals surface area (Å²) in [6.45, 7) is 2.58. The van der Waals surface area contributed by atoms with Crippen LogP contribution in [0, 0.1) is 6.92 Å². The molecule has 0 fully saturated rings. The lowest BCUT2D eigenvalue weighted by Gasteiger charge is -2.15. The van der Waals surface area contributed by atoms with E-state index in [9.17, 15) is 31.1 Å². The first-order chi connectivity index (χ1) is 19.7. The fourth-order valence-electron chi connectivity index (χ4n) is 3.98. The van der Waals surface area contributed by atoms with E-state index >= 15 is 0 Å². The van der Waals surface area contributed by atoms with Crippen molar-refractivity contribution in [3.8, 4) is 17.0 Å². The summed E-state index contributed by atoms with van der Waals surface area (Å²) >= 11 is 0. The molecule has 0 radical (unpaired) electrons. The normalized spacial score (nSPS) is 11.9. The largest absolute Gasteiger partial charge is 0.573 e. The Balaban J connectivity index is 1.52. The molecule has 2 N–H and O–H groups in total. The van der Waals surface area contributed by atoms with E-state index in [1.807, 2.05) is 44.1 Å². The molecule has 0 saturated heterocycles. The molecule has 4 rings (SSSR count). The number of alkyl halides is 6. The minimum absolute atomic E-state index is 0.0979. The summed E-state index contributed by atoms with van der Waals surface area (Å²) in [5.74, 6) is -1.13. The highest BCUT2D eigenvalue weighted by molar-refractivity contribution is 6.04. The maximum atomic E-state index is 13.7. The van der Waals surface area contributed by atoms with Crippen molar-refractivity contribution in [1.82, 2.24) is 14.9 Å². The van der Waals surface area contributed by atoms with Gasteiger partial charge in [0, 0.05) is 35.2 Å². The van der Waals surface area contributed by atoms with Crippen molar-refractivity contribution in [3.63, 3.8) is 0 Å². The van der Waals surface area contributed by atoms with E-state index < -0.39 is 29.5 Å². The van der Waals surface area contributed by atoms with Crippen molar-refractivity contribution in [3.05, 3.63) is 95.2 Å². The Hall–Kier alpha value is -4.65. The van der Waals surface area contributed by atoms with E-state index in [1.54, 1.807) is 0 Å². The number of hydrogen-bond acceptors (Lipinski definition) is 6. The smallest absolute Gasteiger partial charge is 0.406 e. The number of ether oxygens (including phenoxy) is 1. The summed E-state index contributed by atoms with van der Waals surface area (Å²) in [7, 11) is 3.89. The number of aromatic nitrogens is 2. The number of hydrogen-bond donors (Lipinski definition) is 2. The minimum Gasteiger partial charge on any atom is -0.406 e. The fraction of sp³-hybridized carbons (Fsp3) is 0.207. The quantitative estimate of drug-likeness (QED) is 0.208. The summed E-state index contributed by atoms with van der Waals surface area (Å²) in [6.07, 6.45) is -9.19. The van der Waals surface area contributed by atoms with Crippen LogP contribution in [0.15, 0.2) is 72.9 Å². The number of benzene rings is 3. The number of aryl methyl sites for hydroxylation is 1. The van der Waals surface area contributed by atoms with Crippen LogP contribution < -0.4 is 15.4 Å². The van der Waals surface area contributed by atoms with Crippen LogP contribution in [-0.2, 0) is 12.7 Å². The van der Waals surface area contributed by atoms with Gasteiger partial charge in [-0.1, -0.05) is 12.1 Å². The molecule has 7 nitrogen and oxygen atoms in total. The Morgan fingerprint density at radius 3 is 2.19 bits per heavy atom. The average molecular weight is 590 g/mol. The van der Waals surface area contributed by atoms with Crippen LogP contribution in [0.5, 0.6) is 5.75 Å². The van der Waals surface area contributed by atoms with Gasteiger partial charge < -0.3 is 20.3 Å². The van der Waals surface area contributed by atoms with Gasteiger partial charge in [-0.15, -0.1) is 13.2 Å². The second kappa shape index (κ2) is 12.1. The van der Waals surface area contributed by atoms with E-state index in [0.717, 1.165) is 35.4 Å². The molecule has 1 aromatic heterocycles. The van der Waals surface area contributed by atoms with Crippen molar-refractivity contribution in [2.75, 3.05) is 24.7 Å². The van der Waals surface area contributed by atoms with Gasteiger partial charge >= 0.3 is 12.5 Å². The molecule has 0 unspecified atom stereocenters. The van der Waals surface area contributed by atoms with Gasteiger partial charge in [-0.25, -0.2) is 9.97 Å². The van der Waals surface area contributed by atoms with E-state index in [2.05, 4.69) is 25.3 Å². The Labute approximate surface area is 237 Å². The zero-order chi connectivity index (χ0) is 30.7. The van der Waals surface area contributed by atoms with Crippen molar-refractivity contribution in [2.45, 2.75) is 26.0 Å². The zero-order valence-corrected chi connectivity index (χ0v) is 22.6. The zero-order valence-electron chi connectivity index (χ0n) is 22.6. The van der Waals surface area contributed by atoms with E-state index in [4.69, 9.17) is 0 Å². The summed E-state index contributed by atoms with van der Waals surface area (Å²) in [4.78, 5) is 22.6. The average Bonchev–Trinajstić information content (AvgIpc) is 2.89. The van der Waals surface area contributed by atoms with Gasteiger partial charge in [0.1, 0.15) is 11.3 Å². The molecule has 0 bridgehead atoms. The first-order valence-corrected chi connectivity index (χ1v) is 12.4. The fourth-order valence-corrected chi connectivity index (χ4v) is 3.98. The molecule has 0 aliphatic carbocycles. The third-order valence-electron chi connectivity index (χ3n) is 5.91. The first kappa shape index (κ1) is 30.3. The third-order valence-corrected chi connectivity index (χ3v) is 5.91.